The number of anilines is 2. The number of fused-ring (bicyclic) bond motifs is 4. The van der Waals surface area contributed by atoms with E-state index in [0.29, 0.717) is 46.6 Å². The van der Waals surface area contributed by atoms with Gasteiger partial charge in [-0.15, -0.1) is 11.3 Å². The van der Waals surface area contributed by atoms with Crippen molar-refractivity contribution in [2.24, 2.45) is 5.92 Å². The molecule has 16 nitrogen and oxygen atoms in total. The number of halogens is 1. The Bertz CT molecular complexity index is 3220. The number of phenols is 1. The average Bonchev–Trinajstić information content (AvgIpc) is 4.27. The fraction of sp³-hybridized carbons (Fsp3) is 0.500. The first-order valence-electron chi connectivity index (χ1n) is 29.1. The number of thiazole rings is 1. The van der Waals surface area contributed by atoms with Crippen LogP contribution in [0.25, 0.3) is 43.4 Å². The number of carbonyl (C=O) groups is 2. The van der Waals surface area contributed by atoms with Gasteiger partial charge in [0, 0.05) is 88.3 Å². The Morgan fingerprint density at radius 3 is 2.36 bits per heavy atom. The standard InChI is InChI=1S/C46H56FN9O4.C13H14N2OS.C3H8/c1-3-30-7-4-8-31-20-34(57)21-37(41(30)31)43-42(47)44-38(24-48-43)45(55-26-32-9-10-33(27-55)49-32)51-46(50-44)59-35-13-16-53(17-14-35)25-29-11-18-54(19-12-29)39-22-36(60-52-39)23-40(58)56-15-5-6-28(56)2;1-9(14-7-16)11-3-5-12(6-4-11)13-10(2)15-8-17-13;1-3-2/h4,7-8,20-22,24,28-29,32-33,35,49,57H,3,5-6,9-19,23,25-27H2,1-2H3;3-9H,1-2H3,(H,14,16);3H2,1-2H3. The molecule has 424 valence electrons. The number of likely N-dealkylation sites (tertiary alicyclic amines) is 2. The number of benzene rings is 3. The van der Waals surface area contributed by atoms with Gasteiger partial charge in [0.1, 0.15) is 34.6 Å². The average molecular weight is 1110 g/mol. The van der Waals surface area contributed by atoms with E-state index in [9.17, 15) is 14.7 Å². The summed E-state index contributed by atoms with van der Waals surface area (Å²) in [5.74, 6) is 2.37. The lowest BCUT2D eigenvalue weighted by atomic mass is 9.95. The van der Waals surface area contributed by atoms with E-state index >= 15 is 4.39 Å². The molecule has 5 saturated heterocycles. The quantitative estimate of drug-likeness (QED) is 0.0876. The molecule has 2 amide bonds. The van der Waals surface area contributed by atoms with E-state index in [1.54, 1.807) is 29.7 Å². The van der Waals surface area contributed by atoms with E-state index in [1.165, 1.54) is 16.9 Å². The molecule has 0 aliphatic carbocycles. The highest BCUT2D eigenvalue weighted by atomic mass is 32.1. The second-order valence-electron chi connectivity index (χ2n) is 22.5. The van der Waals surface area contributed by atoms with Crippen LogP contribution in [0.4, 0.5) is 16.0 Å². The Hall–Kier alpha value is -6.76. The number of carbonyl (C=O) groups excluding carboxylic acids is 2. The Labute approximate surface area is 473 Å². The summed E-state index contributed by atoms with van der Waals surface area (Å²) in [6.07, 6.45) is 12.8. The molecule has 5 aliphatic rings. The van der Waals surface area contributed by atoms with Crippen molar-refractivity contribution in [1.29, 1.82) is 0 Å². The summed E-state index contributed by atoms with van der Waals surface area (Å²) in [5, 5.41) is 23.8. The summed E-state index contributed by atoms with van der Waals surface area (Å²) in [6, 6.07) is 20.7. The number of phenolic OH excluding ortho intramolecular Hbond substituents is 1. The minimum Gasteiger partial charge on any atom is -0.508 e. The molecule has 5 fully saturated rings. The smallest absolute Gasteiger partial charge is 0.319 e. The molecule has 2 bridgehead atoms. The number of aromatic nitrogens is 5. The first-order valence-corrected chi connectivity index (χ1v) is 30.0. The maximum absolute atomic E-state index is 17.1. The molecule has 5 aliphatic heterocycles. The van der Waals surface area contributed by atoms with Crippen LogP contribution in [0.2, 0.25) is 0 Å². The van der Waals surface area contributed by atoms with Crippen LogP contribution >= 0.6 is 11.3 Å². The van der Waals surface area contributed by atoms with E-state index < -0.39 is 5.82 Å². The highest BCUT2D eigenvalue weighted by Crippen LogP contribution is 2.40. The molecular weight excluding hydrogens is 1030 g/mol. The van der Waals surface area contributed by atoms with Crippen LogP contribution in [0.15, 0.2) is 76.9 Å². The topological polar surface area (TPSA) is 178 Å². The van der Waals surface area contributed by atoms with Crippen LogP contribution in [0.1, 0.15) is 121 Å². The number of aryl methyl sites for hydroxylation is 2. The second-order valence-corrected chi connectivity index (χ2v) is 23.3. The summed E-state index contributed by atoms with van der Waals surface area (Å²) in [6.45, 7) is 19.5. The lowest BCUT2D eigenvalue weighted by molar-refractivity contribution is -0.131. The normalized spacial score (nSPS) is 20.1. The van der Waals surface area contributed by atoms with E-state index in [4.69, 9.17) is 24.2 Å². The first kappa shape index (κ1) is 56.5. The van der Waals surface area contributed by atoms with Crippen LogP contribution in [0, 0.1) is 18.7 Å². The van der Waals surface area contributed by atoms with Crippen LogP contribution in [0.3, 0.4) is 0 Å². The second kappa shape index (κ2) is 25.8. The fourth-order valence-corrected chi connectivity index (χ4v) is 13.1. The van der Waals surface area contributed by atoms with Gasteiger partial charge in [-0.25, -0.2) is 9.37 Å². The molecule has 4 atom stereocenters. The molecule has 3 N–H and O–H groups in total. The Morgan fingerprint density at radius 1 is 0.938 bits per heavy atom. The third kappa shape index (κ3) is 12.9. The molecule has 80 heavy (non-hydrogen) atoms. The zero-order chi connectivity index (χ0) is 55.9. The van der Waals surface area contributed by atoms with Crippen molar-refractivity contribution in [2.45, 2.75) is 142 Å². The third-order valence-corrected chi connectivity index (χ3v) is 17.6. The van der Waals surface area contributed by atoms with E-state index in [2.05, 4.69) is 75.3 Å². The molecule has 0 saturated carbocycles. The molecule has 0 radical (unpaired) electrons. The van der Waals surface area contributed by atoms with Crippen LogP contribution in [-0.2, 0) is 22.4 Å². The molecule has 9 heterocycles. The zero-order valence-corrected chi connectivity index (χ0v) is 48.1. The minimum atomic E-state index is -0.538. The van der Waals surface area contributed by atoms with Gasteiger partial charge in [-0.2, -0.15) is 9.97 Å². The lowest BCUT2D eigenvalue weighted by Gasteiger charge is -2.37. The van der Waals surface area contributed by atoms with E-state index in [-0.39, 0.29) is 47.4 Å². The molecule has 18 heteroatoms. The Morgan fingerprint density at radius 2 is 1.69 bits per heavy atom. The number of nitrogens with one attached hydrogen (secondary N) is 2. The third-order valence-electron chi connectivity index (χ3n) is 16.6. The lowest BCUT2D eigenvalue weighted by Crippen LogP contribution is -2.51. The number of ether oxygens (including phenoxy) is 1. The summed E-state index contributed by atoms with van der Waals surface area (Å²) in [5.41, 5.74) is 7.14. The van der Waals surface area contributed by atoms with Gasteiger partial charge in [-0.1, -0.05) is 74.8 Å². The van der Waals surface area contributed by atoms with Gasteiger partial charge in [0.05, 0.1) is 33.9 Å². The molecule has 12 rings (SSSR count). The van der Waals surface area contributed by atoms with Crippen molar-refractivity contribution in [3.63, 3.8) is 0 Å². The van der Waals surface area contributed by atoms with Crippen molar-refractivity contribution in [2.75, 3.05) is 62.2 Å². The number of amides is 2. The van der Waals surface area contributed by atoms with Crippen molar-refractivity contribution in [3.8, 4) is 33.5 Å². The Balaban J connectivity index is 0.000000304. The fourth-order valence-electron chi connectivity index (χ4n) is 12.3. The maximum atomic E-state index is 17.1. The maximum Gasteiger partial charge on any atom is 0.319 e. The van der Waals surface area contributed by atoms with Gasteiger partial charge in [0.2, 0.25) is 12.3 Å². The number of piperidine rings is 2. The predicted octanol–water partition coefficient (Wildman–Crippen LogP) is 10.8. The van der Waals surface area contributed by atoms with Crippen molar-refractivity contribution < 1.29 is 28.3 Å². The SMILES string of the molecule is CCC.CCc1cccc2cc(O)cc(-c3ncc4c(N5CC6CCC(C5)N6)nc(OC5CCN(CC6CCN(c7cc(CC(=O)N8CCCC8C)on7)CC6)CC5)nc4c3F)c12.Cc1ncsc1-c1ccc(C(C)NC=O)cc1. The van der Waals surface area contributed by atoms with Gasteiger partial charge in [0.25, 0.3) is 0 Å². The number of nitrogens with zero attached hydrogens (tertiary/aromatic N) is 9. The van der Waals surface area contributed by atoms with Crippen molar-refractivity contribution >= 4 is 57.0 Å². The van der Waals surface area contributed by atoms with E-state index in [0.717, 1.165) is 150 Å². The van der Waals surface area contributed by atoms with Gasteiger partial charge >= 0.3 is 6.01 Å². The van der Waals surface area contributed by atoms with Crippen LogP contribution < -0.4 is 25.2 Å². The molecule has 4 aromatic heterocycles. The van der Waals surface area contributed by atoms with Crippen molar-refractivity contribution in [3.05, 3.63) is 101 Å². The number of rotatable bonds is 14. The van der Waals surface area contributed by atoms with E-state index in [1.807, 2.05) is 60.7 Å². The van der Waals surface area contributed by atoms with Crippen LogP contribution in [0.5, 0.6) is 11.8 Å². The highest BCUT2D eigenvalue weighted by molar-refractivity contribution is 7.13. The number of hydrogen-bond acceptors (Lipinski definition) is 15. The monoisotopic (exact) mass is 1110 g/mol. The summed E-state index contributed by atoms with van der Waals surface area (Å²) >= 11 is 1.64. The number of pyridine rings is 1. The molecule has 7 aromatic rings. The molecule has 3 aromatic carbocycles. The van der Waals surface area contributed by atoms with Crippen molar-refractivity contribution in [1.82, 2.24) is 45.5 Å². The molecule has 0 spiro atoms. The zero-order valence-electron chi connectivity index (χ0n) is 47.3. The summed E-state index contributed by atoms with van der Waals surface area (Å²) in [7, 11) is 0. The molecular formula is C62H78FN11O5S. The van der Waals surface area contributed by atoms with Gasteiger partial charge in [-0.3, -0.25) is 14.6 Å². The first-order chi connectivity index (χ1) is 38.9. The number of hydrogen-bond donors (Lipinski definition) is 3. The Kier molecular flexibility index (Phi) is 18.2. The van der Waals surface area contributed by atoms with Gasteiger partial charge < -0.3 is 44.6 Å². The number of piperazine rings is 1. The van der Waals surface area contributed by atoms with Crippen LogP contribution in [-0.4, -0.2) is 129 Å². The predicted molar refractivity (Wildman–Crippen MR) is 315 cm³/mol. The van der Waals surface area contributed by atoms with Gasteiger partial charge in [-0.05, 0) is 124 Å². The minimum absolute atomic E-state index is 0.0455. The largest absolute Gasteiger partial charge is 0.508 e. The summed E-state index contributed by atoms with van der Waals surface area (Å²) < 4.78 is 29.3. The molecule has 4 unspecified atom stereocenters. The van der Waals surface area contributed by atoms with Gasteiger partial charge in [0.15, 0.2) is 11.6 Å². The number of aromatic hydroxyl groups is 1. The highest BCUT2D eigenvalue weighted by Gasteiger charge is 2.35. The summed E-state index contributed by atoms with van der Waals surface area (Å²) in [4.78, 5) is 52.2.